The van der Waals surface area contributed by atoms with Gasteiger partial charge in [0.15, 0.2) is 0 Å². The Morgan fingerprint density at radius 2 is 2.13 bits per heavy atom. The molecular weight excluding hydrogens is 194 g/mol. The van der Waals surface area contributed by atoms with Crippen molar-refractivity contribution >= 4 is 11.9 Å². The van der Waals surface area contributed by atoms with Crippen LogP contribution in [0.4, 0.5) is 0 Å². The van der Waals surface area contributed by atoms with Crippen molar-refractivity contribution in [2.24, 2.45) is 11.8 Å². The van der Waals surface area contributed by atoms with Crippen LogP contribution in [0.25, 0.3) is 0 Å². The second-order valence-corrected chi connectivity index (χ2v) is 4.30. The minimum atomic E-state index is -0.764. The molecule has 2 N–H and O–H groups in total. The van der Waals surface area contributed by atoms with Gasteiger partial charge in [0, 0.05) is 12.5 Å². The molecule has 1 saturated carbocycles. The zero-order chi connectivity index (χ0) is 11.3. The summed E-state index contributed by atoms with van der Waals surface area (Å²) in [7, 11) is 0. The first-order valence-corrected chi connectivity index (χ1v) is 5.61. The summed E-state index contributed by atoms with van der Waals surface area (Å²) in [5.74, 6) is -0.711. The smallest absolute Gasteiger partial charge is 0.306 e. The number of aliphatic carboxylic acids is 1. The molecule has 0 aliphatic heterocycles. The van der Waals surface area contributed by atoms with Crippen LogP contribution >= 0.6 is 0 Å². The average molecular weight is 213 g/mol. The fourth-order valence-corrected chi connectivity index (χ4v) is 1.56. The van der Waals surface area contributed by atoms with Gasteiger partial charge in [0.2, 0.25) is 5.91 Å². The lowest BCUT2D eigenvalue weighted by molar-refractivity contribution is -0.141. The van der Waals surface area contributed by atoms with Gasteiger partial charge in [-0.1, -0.05) is 13.3 Å². The van der Waals surface area contributed by atoms with Gasteiger partial charge in [0.05, 0.1) is 5.92 Å². The highest BCUT2D eigenvalue weighted by molar-refractivity contribution is 5.79. The largest absolute Gasteiger partial charge is 0.481 e. The monoisotopic (exact) mass is 213 g/mol. The Hall–Kier alpha value is -1.06. The molecule has 1 aliphatic rings. The predicted molar refractivity (Wildman–Crippen MR) is 56.4 cm³/mol. The summed E-state index contributed by atoms with van der Waals surface area (Å²) in [4.78, 5) is 21.9. The Bertz CT molecular complexity index is 236. The third-order valence-electron chi connectivity index (χ3n) is 3.01. The number of carbonyl (C=O) groups excluding carboxylic acids is 1. The average Bonchev–Trinajstić information content (AvgIpc) is 2.08. The van der Waals surface area contributed by atoms with Crippen molar-refractivity contribution in [2.75, 3.05) is 6.54 Å². The van der Waals surface area contributed by atoms with Crippen molar-refractivity contribution < 1.29 is 14.7 Å². The van der Waals surface area contributed by atoms with E-state index in [2.05, 4.69) is 5.32 Å². The summed E-state index contributed by atoms with van der Waals surface area (Å²) in [5, 5.41) is 11.5. The Morgan fingerprint density at radius 3 is 2.60 bits per heavy atom. The van der Waals surface area contributed by atoms with Gasteiger partial charge in [-0.2, -0.15) is 0 Å². The van der Waals surface area contributed by atoms with E-state index in [1.807, 2.05) is 0 Å². The first kappa shape index (κ1) is 12.0. The number of carboxylic acid groups (broad SMARTS) is 1. The van der Waals surface area contributed by atoms with Gasteiger partial charge < -0.3 is 10.4 Å². The van der Waals surface area contributed by atoms with Gasteiger partial charge in [-0.05, 0) is 25.7 Å². The third-order valence-corrected chi connectivity index (χ3v) is 3.01. The van der Waals surface area contributed by atoms with E-state index >= 15 is 0 Å². The summed E-state index contributed by atoms with van der Waals surface area (Å²) in [6.45, 7) is 2.29. The van der Waals surface area contributed by atoms with Crippen molar-refractivity contribution in [3.63, 3.8) is 0 Å². The molecule has 0 bridgehead atoms. The second-order valence-electron chi connectivity index (χ2n) is 4.30. The normalized spacial score (nSPS) is 17.9. The molecule has 0 spiro atoms. The summed E-state index contributed by atoms with van der Waals surface area (Å²) in [5.41, 5.74) is 0. The molecule has 1 aliphatic carbocycles. The van der Waals surface area contributed by atoms with Crippen molar-refractivity contribution in [3.8, 4) is 0 Å². The highest BCUT2D eigenvalue weighted by Crippen LogP contribution is 2.26. The van der Waals surface area contributed by atoms with Crippen LogP contribution in [0, 0.1) is 11.8 Å². The highest BCUT2D eigenvalue weighted by Gasteiger charge is 2.24. The molecule has 1 amide bonds. The number of hydrogen-bond acceptors (Lipinski definition) is 2. The van der Waals surface area contributed by atoms with Gasteiger partial charge in [-0.3, -0.25) is 9.59 Å². The van der Waals surface area contributed by atoms with Gasteiger partial charge in [0.1, 0.15) is 0 Å². The lowest BCUT2D eigenvalue weighted by Gasteiger charge is -2.24. The number of amides is 1. The van der Waals surface area contributed by atoms with Crippen LogP contribution in [-0.2, 0) is 9.59 Å². The minimum Gasteiger partial charge on any atom is -0.481 e. The molecule has 1 unspecified atom stereocenters. The topological polar surface area (TPSA) is 66.4 Å². The Morgan fingerprint density at radius 1 is 1.47 bits per heavy atom. The Balaban J connectivity index is 2.01. The lowest BCUT2D eigenvalue weighted by atomic mass is 9.85. The van der Waals surface area contributed by atoms with Crippen LogP contribution in [0.5, 0.6) is 0 Å². The summed E-state index contributed by atoms with van der Waals surface area (Å²) >= 11 is 0. The maximum absolute atomic E-state index is 11.4. The lowest BCUT2D eigenvalue weighted by Crippen LogP contribution is -2.35. The van der Waals surface area contributed by atoms with Crippen LogP contribution in [0.2, 0.25) is 0 Å². The van der Waals surface area contributed by atoms with Crippen LogP contribution in [-0.4, -0.2) is 23.5 Å². The standard InChI is InChI=1S/C11H19NO3/c1-8(11(14)15)4-3-7-12-10(13)9-5-2-6-9/h8-9H,2-7H2,1H3,(H,12,13)(H,14,15). The maximum Gasteiger partial charge on any atom is 0.306 e. The van der Waals surface area contributed by atoms with Gasteiger partial charge in [-0.15, -0.1) is 0 Å². The van der Waals surface area contributed by atoms with E-state index in [0.29, 0.717) is 13.0 Å². The van der Waals surface area contributed by atoms with Crippen molar-refractivity contribution in [1.29, 1.82) is 0 Å². The summed E-state index contributed by atoms with van der Waals surface area (Å²) < 4.78 is 0. The molecular formula is C11H19NO3. The molecule has 0 saturated heterocycles. The fourth-order valence-electron chi connectivity index (χ4n) is 1.56. The van der Waals surface area contributed by atoms with Gasteiger partial charge in [0.25, 0.3) is 0 Å². The number of nitrogens with one attached hydrogen (secondary N) is 1. The van der Waals surface area contributed by atoms with Gasteiger partial charge in [-0.25, -0.2) is 0 Å². The van der Waals surface area contributed by atoms with Crippen LogP contribution in [0.15, 0.2) is 0 Å². The number of hydrogen-bond donors (Lipinski definition) is 2. The molecule has 1 fully saturated rings. The van der Waals surface area contributed by atoms with Crippen molar-refractivity contribution in [3.05, 3.63) is 0 Å². The van der Waals surface area contributed by atoms with Crippen LogP contribution < -0.4 is 5.32 Å². The molecule has 0 radical (unpaired) electrons. The van der Waals surface area contributed by atoms with E-state index < -0.39 is 5.97 Å². The molecule has 1 rings (SSSR count). The molecule has 1 atom stereocenters. The number of carboxylic acids is 1. The first-order valence-electron chi connectivity index (χ1n) is 5.61. The highest BCUT2D eigenvalue weighted by atomic mass is 16.4. The molecule has 0 aromatic carbocycles. The summed E-state index contributed by atoms with van der Waals surface area (Å²) in [6.07, 6.45) is 4.55. The van der Waals surface area contributed by atoms with Crippen molar-refractivity contribution in [1.82, 2.24) is 5.32 Å². The van der Waals surface area contributed by atoms with E-state index in [9.17, 15) is 9.59 Å². The molecule has 0 aromatic rings. The Kier molecular flexibility index (Phi) is 4.59. The Labute approximate surface area is 90.0 Å². The van der Waals surface area contributed by atoms with Crippen LogP contribution in [0.1, 0.15) is 39.0 Å². The molecule has 4 heteroatoms. The maximum atomic E-state index is 11.4. The third kappa shape index (κ3) is 3.90. The van der Waals surface area contributed by atoms with E-state index in [4.69, 9.17) is 5.11 Å². The quantitative estimate of drug-likeness (QED) is 0.655. The first-order chi connectivity index (χ1) is 7.11. The predicted octanol–water partition coefficient (Wildman–Crippen LogP) is 1.40. The zero-order valence-corrected chi connectivity index (χ0v) is 9.16. The molecule has 0 heterocycles. The van der Waals surface area contributed by atoms with Crippen LogP contribution in [0.3, 0.4) is 0 Å². The van der Waals surface area contributed by atoms with E-state index in [-0.39, 0.29) is 17.7 Å². The van der Waals surface area contributed by atoms with Crippen molar-refractivity contribution in [2.45, 2.75) is 39.0 Å². The number of carbonyl (C=O) groups is 2. The molecule has 15 heavy (non-hydrogen) atoms. The van der Waals surface area contributed by atoms with E-state index in [0.717, 1.165) is 25.7 Å². The molecule has 0 aromatic heterocycles. The van der Waals surface area contributed by atoms with E-state index in [1.165, 1.54) is 0 Å². The molecule has 4 nitrogen and oxygen atoms in total. The van der Waals surface area contributed by atoms with Gasteiger partial charge >= 0.3 is 5.97 Å². The summed E-state index contributed by atoms with van der Waals surface area (Å²) in [6, 6.07) is 0. The molecule has 86 valence electrons. The zero-order valence-electron chi connectivity index (χ0n) is 9.16. The second kappa shape index (κ2) is 5.73. The fraction of sp³-hybridized carbons (Fsp3) is 0.818. The SMILES string of the molecule is CC(CCCNC(=O)C1CCC1)C(=O)O. The minimum absolute atomic E-state index is 0.143. The number of rotatable bonds is 6. The van der Waals surface area contributed by atoms with E-state index in [1.54, 1.807) is 6.92 Å².